The zero-order valence-corrected chi connectivity index (χ0v) is 7.75. The second-order valence-corrected chi connectivity index (χ2v) is 2.66. The van der Waals surface area contributed by atoms with E-state index in [0.29, 0.717) is 6.54 Å². The van der Waals surface area contributed by atoms with Crippen LogP contribution in [0.4, 0.5) is 0 Å². The lowest BCUT2D eigenvalue weighted by molar-refractivity contribution is -0.120. The second kappa shape index (κ2) is 8.27. The predicted molar refractivity (Wildman–Crippen MR) is 50.5 cm³/mol. The van der Waals surface area contributed by atoms with Gasteiger partial charge in [0.1, 0.15) is 0 Å². The number of unbranched alkanes of at least 4 members (excludes halogenated alkanes) is 2. The average molecular weight is 170 g/mol. The highest BCUT2D eigenvalue weighted by Gasteiger charge is 1.95. The van der Waals surface area contributed by atoms with Crippen LogP contribution < -0.4 is 5.43 Å². The number of rotatable bonds is 8. The molecule has 0 atom stereocenters. The van der Waals surface area contributed by atoms with Crippen LogP contribution in [0.1, 0.15) is 26.2 Å². The largest absolute Gasteiger partial charge is 0.277 e. The number of amides is 1. The lowest BCUT2D eigenvalue weighted by Gasteiger charge is -2.15. The Balaban J connectivity index is 3.31. The van der Waals surface area contributed by atoms with Gasteiger partial charge < -0.3 is 0 Å². The molecule has 0 spiro atoms. The molecule has 0 aromatic carbocycles. The Hall–Kier alpha value is -0.830. The maximum Gasteiger partial charge on any atom is 0.224 e. The molecule has 0 aromatic heterocycles. The SMILES string of the molecule is C=CCN(C=O)NCCCCC. The van der Waals surface area contributed by atoms with Crippen LogP contribution in [0.5, 0.6) is 0 Å². The Bertz CT molecular complexity index is 126. The van der Waals surface area contributed by atoms with Crippen LogP contribution in [0.2, 0.25) is 0 Å². The van der Waals surface area contributed by atoms with Gasteiger partial charge in [0, 0.05) is 6.54 Å². The first-order valence-electron chi connectivity index (χ1n) is 4.41. The molecule has 0 bridgehead atoms. The van der Waals surface area contributed by atoms with E-state index in [0.717, 1.165) is 19.4 Å². The molecule has 1 amide bonds. The lowest BCUT2D eigenvalue weighted by atomic mass is 10.2. The molecule has 12 heavy (non-hydrogen) atoms. The van der Waals surface area contributed by atoms with Gasteiger partial charge in [0.2, 0.25) is 6.41 Å². The van der Waals surface area contributed by atoms with Gasteiger partial charge in [0.25, 0.3) is 0 Å². The summed E-state index contributed by atoms with van der Waals surface area (Å²) in [5.41, 5.74) is 3.00. The summed E-state index contributed by atoms with van der Waals surface area (Å²) in [6.45, 7) is 7.13. The second-order valence-electron chi connectivity index (χ2n) is 2.66. The molecular formula is C9H18N2O. The van der Waals surface area contributed by atoms with Gasteiger partial charge in [-0.05, 0) is 6.42 Å². The van der Waals surface area contributed by atoms with Crippen molar-refractivity contribution in [1.29, 1.82) is 0 Å². The van der Waals surface area contributed by atoms with E-state index < -0.39 is 0 Å². The standard InChI is InChI=1S/C9H18N2O/c1-3-5-6-7-10-11(9-12)8-4-2/h4,9-10H,2-3,5-8H2,1H3. The van der Waals surface area contributed by atoms with E-state index in [-0.39, 0.29) is 0 Å². The van der Waals surface area contributed by atoms with Gasteiger partial charge in [0.05, 0.1) is 6.54 Å². The van der Waals surface area contributed by atoms with E-state index in [9.17, 15) is 4.79 Å². The van der Waals surface area contributed by atoms with Gasteiger partial charge in [0.15, 0.2) is 0 Å². The molecule has 0 unspecified atom stereocenters. The van der Waals surface area contributed by atoms with Crippen molar-refractivity contribution in [2.45, 2.75) is 26.2 Å². The van der Waals surface area contributed by atoms with Gasteiger partial charge in [-0.2, -0.15) is 0 Å². The minimum atomic E-state index is 0.565. The molecule has 0 saturated carbocycles. The Morgan fingerprint density at radius 1 is 1.50 bits per heavy atom. The number of nitrogens with one attached hydrogen (secondary N) is 1. The monoisotopic (exact) mass is 170 g/mol. The fourth-order valence-corrected chi connectivity index (χ4v) is 0.882. The third-order valence-electron chi connectivity index (χ3n) is 1.55. The zero-order valence-electron chi connectivity index (χ0n) is 7.75. The molecule has 70 valence electrons. The molecule has 0 aliphatic rings. The maximum absolute atomic E-state index is 10.4. The fourth-order valence-electron chi connectivity index (χ4n) is 0.882. The van der Waals surface area contributed by atoms with E-state index in [1.54, 1.807) is 6.08 Å². The minimum absolute atomic E-state index is 0.565. The molecule has 0 rings (SSSR count). The Labute approximate surface area is 74.4 Å². The van der Waals surface area contributed by atoms with Crippen LogP contribution in [0.3, 0.4) is 0 Å². The Kier molecular flexibility index (Phi) is 7.70. The molecule has 0 aliphatic carbocycles. The third kappa shape index (κ3) is 5.92. The van der Waals surface area contributed by atoms with Crippen LogP contribution in [0.25, 0.3) is 0 Å². The summed E-state index contributed by atoms with van der Waals surface area (Å²) in [7, 11) is 0. The van der Waals surface area contributed by atoms with Gasteiger partial charge >= 0.3 is 0 Å². The highest BCUT2D eigenvalue weighted by atomic mass is 16.1. The first-order valence-corrected chi connectivity index (χ1v) is 4.41. The third-order valence-corrected chi connectivity index (χ3v) is 1.55. The normalized spacial score (nSPS) is 9.42. The molecule has 1 N–H and O–H groups in total. The molecule has 0 heterocycles. The maximum atomic E-state index is 10.4. The van der Waals surface area contributed by atoms with E-state index in [4.69, 9.17) is 0 Å². The summed E-state index contributed by atoms with van der Waals surface area (Å²) in [5.74, 6) is 0. The van der Waals surface area contributed by atoms with Crippen LogP contribution in [-0.4, -0.2) is 24.5 Å². The smallest absolute Gasteiger partial charge is 0.224 e. The first kappa shape index (κ1) is 11.2. The summed E-state index contributed by atoms with van der Waals surface area (Å²) in [4.78, 5) is 10.4. The summed E-state index contributed by atoms with van der Waals surface area (Å²) in [6.07, 6.45) is 5.99. The lowest BCUT2D eigenvalue weighted by Crippen LogP contribution is -2.37. The van der Waals surface area contributed by atoms with Gasteiger partial charge in [-0.25, -0.2) is 5.43 Å². The quantitative estimate of drug-likeness (QED) is 0.258. The van der Waals surface area contributed by atoms with Gasteiger partial charge in [-0.15, -0.1) is 6.58 Å². The van der Waals surface area contributed by atoms with Crippen LogP contribution in [0.15, 0.2) is 12.7 Å². The van der Waals surface area contributed by atoms with Crippen molar-refractivity contribution in [3.63, 3.8) is 0 Å². The van der Waals surface area contributed by atoms with Gasteiger partial charge in [-0.1, -0.05) is 25.8 Å². The van der Waals surface area contributed by atoms with E-state index in [2.05, 4.69) is 18.9 Å². The number of nitrogens with zero attached hydrogens (tertiary/aromatic N) is 1. The van der Waals surface area contributed by atoms with E-state index in [1.807, 2.05) is 0 Å². The van der Waals surface area contributed by atoms with Crippen molar-refractivity contribution < 1.29 is 4.79 Å². The predicted octanol–water partition coefficient (Wildman–Crippen LogP) is 1.33. The Morgan fingerprint density at radius 3 is 2.75 bits per heavy atom. The summed E-state index contributed by atoms with van der Waals surface area (Å²) < 4.78 is 0. The van der Waals surface area contributed by atoms with Crippen LogP contribution >= 0.6 is 0 Å². The average Bonchev–Trinajstić information content (AvgIpc) is 2.10. The molecule has 0 aliphatic heterocycles. The zero-order chi connectivity index (χ0) is 9.23. The van der Waals surface area contributed by atoms with Crippen molar-refractivity contribution >= 4 is 6.41 Å². The number of hydrogen-bond acceptors (Lipinski definition) is 2. The van der Waals surface area contributed by atoms with Crippen LogP contribution in [-0.2, 0) is 4.79 Å². The number of hydrazine groups is 1. The van der Waals surface area contributed by atoms with E-state index in [1.165, 1.54) is 17.9 Å². The first-order chi connectivity index (χ1) is 5.85. The molecule has 0 saturated heterocycles. The summed E-state index contributed by atoms with van der Waals surface area (Å²) in [5, 5.41) is 1.50. The van der Waals surface area contributed by atoms with Crippen molar-refractivity contribution in [2.75, 3.05) is 13.1 Å². The van der Waals surface area contributed by atoms with Crippen molar-refractivity contribution in [1.82, 2.24) is 10.4 Å². The molecular weight excluding hydrogens is 152 g/mol. The highest BCUT2D eigenvalue weighted by molar-refractivity contribution is 5.46. The Morgan fingerprint density at radius 2 is 2.25 bits per heavy atom. The minimum Gasteiger partial charge on any atom is -0.277 e. The molecule has 0 fully saturated rings. The highest BCUT2D eigenvalue weighted by Crippen LogP contribution is 1.91. The topological polar surface area (TPSA) is 32.3 Å². The number of carbonyl (C=O) groups is 1. The van der Waals surface area contributed by atoms with Crippen molar-refractivity contribution in [3.8, 4) is 0 Å². The summed E-state index contributed by atoms with van der Waals surface area (Å²) in [6, 6.07) is 0. The molecule has 0 aromatic rings. The molecule has 3 heteroatoms. The van der Waals surface area contributed by atoms with Crippen molar-refractivity contribution in [2.24, 2.45) is 0 Å². The fraction of sp³-hybridized carbons (Fsp3) is 0.667. The van der Waals surface area contributed by atoms with Crippen LogP contribution in [0, 0.1) is 0 Å². The summed E-state index contributed by atoms with van der Waals surface area (Å²) >= 11 is 0. The van der Waals surface area contributed by atoms with E-state index >= 15 is 0 Å². The number of hydrogen-bond donors (Lipinski definition) is 1. The van der Waals surface area contributed by atoms with Gasteiger partial charge in [-0.3, -0.25) is 9.80 Å². The van der Waals surface area contributed by atoms with Crippen molar-refractivity contribution in [3.05, 3.63) is 12.7 Å². The molecule has 0 radical (unpaired) electrons. The number of carbonyl (C=O) groups excluding carboxylic acids is 1. The molecule has 3 nitrogen and oxygen atoms in total.